The van der Waals surface area contributed by atoms with Gasteiger partial charge in [0.2, 0.25) is 0 Å². The molecule has 1 aliphatic heterocycles. The molecule has 0 amide bonds. The summed E-state index contributed by atoms with van der Waals surface area (Å²) < 4.78 is 5.27. The fraction of sp³-hybridized carbons (Fsp3) is 0.286. The lowest BCUT2D eigenvalue weighted by Crippen LogP contribution is -2.25. The number of aromatic amines is 1. The van der Waals surface area contributed by atoms with Gasteiger partial charge in [-0.15, -0.1) is 0 Å². The first-order valence-electron chi connectivity index (χ1n) is 6.26. The Balaban J connectivity index is 2.00. The van der Waals surface area contributed by atoms with Crippen molar-refractivity contribution in [3.05, 3.63) is 61.2 Å². The van der Waals surface area contributed by atoms with Crippen molar-refractivity contribution in [1.82, 2.24) is 9.97 Å². The number of halogens is 2. The molecule has 0 aliphatic carbocycles. The van der Waals surface area contributed by atoms with Crippen LogP contribution >= 0.6 is 23.2 Å². The molecule has 104 valence electrons. The lowest BCUT2D eigenvalue weighted by atomic mass is 10.1. The smallest absolute Gasteiger partial charge is 0.256 e. The lowest BCUT2D eigenvalue weighted by molar-refractivity contribution is 0.108. The minimum atomic E-state index is -0.145. The standard InChI is InChI=1S/C14H12Cl2N2O2/c15-10-2-1-3-11(16)8(10)6-13-17-12-4-5-20-7-9(12)14(19)18-13/h1-3H,4-7H2,(H,17,18,19). The van der Waals surface area contributed by atoms with Gasteiger partial charge < -0.3 is 9.72 Å². The Hall–Kier alpha value is -1.36. The quantitative estimate of drug-likeness (QED) is 0.928. The number of nitrogens with one attached hydrogen (secondary N) is 1. The molecular weight excluding hydrogens is 299 g/mol. The highest BCUT2D eigenvalue weighted by Crippen LogP contribution is 2.26. The fourth-order valence-corrected chi connectivity index (χ4v) is 2.78. The summed E-state index contributed by atoms with van der Waals surface area (Å²) in [5, 5.41) is 1.14. The maximum absolute atomic E-state index is 12.0. The van der Waals surface area contributed by atoms with Crippen LogP contribution in [0.4, 0.5) is 0 Å². The van der Waals surface area contributed by atoms with Gasteiger partial charge in [0.1, 0.15) is 5.82 Å². The summed E-state index contributed by atoms with van der Waals surface area (Å²) in [6.07, 6.45) is 1.06. The van der Waals surface area contributed by atoms with Crippen LogP contribution in [0.2, 0.25) is 10.0 Å². The van der Waals surface area contributed by atoms with Crippen molar-refractivity contribution in [3.63, 3.8) is 0 Å². The minimum absolute atomic E-state index is 0.145. The van der Waals surface area contributed by atoms with E-state index in [9.17, 15) is 4.79 Å². The van der Waals surface area contributed by atoms with Crippen LogP contribution in [-0.4, -0.2) is 16.6 Å². The number of H-pyrrole nitrogens is 1. The van der Waals surface area contributed by atoms with Crippen LogP contribution in [0.1, 0.15) is 22.6 Å². The van der Waals surface area contributed by atoms with Gasteiger partial charge in [-0.3, -0.25) is 4.79 Å². The first kappa shape index (κ1) is 13.6. The van der Waals surface area contributed by atoms with Crippen molar-refractivity contribution in [2.24, 2.45) is 0 Å². The second kappa shape index (κ2) is 5.56. The molecule has 6 heteroatoms. The number of rotatable bonds is 2. The van der Waals surface area contributed by atoms with Crippen LogP contribution in [-0.2, 0) is 24.2 Å². The van der Waals surface area contributed by atoms with Gasteiger partial charge in [0.05, 0.1) is 24.5 Å². The summed E-state index contributed by atoms with van der Waals surface area (Å²) in [5.74, 6) is 0.575. The molecule has 4 nitrogen and oxygen atoms in total. The number of benzene rings is 1. The van der Waals surface area contributed by atoms with Crippen molar-refractivity contribution in [1.29, 1.82) is 0 Å². The molecule has 1 aliphatic rings. The molecule has 0 saturated carbocycles. The Morgan fingerprint density at radius 2 is 2.05 bits per heavy atom. The summed E-state index contributed by atoms with van der Waals surface area (Å²) in [6.45, 7) is 0.917. The van der Waals surface area contributed by atoms with Crippen LogP contribution in [0, 0.1) is 0 Å². The zero-order valence-corrected chi connectivity index (χ0v) is 12.1. The van der Waals surface area contributed by atoms with E-state index >= 15 is 0 Å². The van der Waals surface area contributed by atoms with Crippen LogP contribution in [0.3, 0.4) is 0 Å². The SMILES string of the molecule is O=c1[nH]c(Cc2c(Cl)cccc2Cl)nc2c1COCC2. The molecule has 0 fully saturated rings. The first-order valence-corrected chi connectivity index (χ1v) is 7.02. The van der Waals surface area contributed by atoms with Gasteiger partial charge in [0.15, 0.2) is 0 Å². The van der Waals surface area contributed by atoms with Crippen LogP contribution in [0.5, 0.6) is 0 Å². The highest BCUT2D eigenvalue weighted by atomic mass is 35.5. The van der Waals surface area contributed by atoms with Gasteiger partial charge in [-0.2, -0.15) is 0 Å². The second-order valence-electron chi connectivity index (χ2n) is 4.62. The van der Waals surface area contributed by atoms with Gasteiger partial charge in [0.25, 0.3) is 5.56 Å². The zero-order valence-electron chi connectivity index (χ0n) is 10.6. The molecule has 3 rings (SSSR count). The molecule has 0 unspecified atom stereocenters. The number of nitrogens with zero attached hydrogens (tertiary/aromatic N) is 1. The van der Waals surface area contributed by atoms with Gasteiger partial charge >= 0.3 is 0 Å². The average molecular weight is 311 g/mol. The maximum Gasteiger partial charge on any atom is 0.256 e. The predicted octanol–water partition coefficient (Wildman–Crippen LogP) is 2.74. The molecule has 0 spiro atoms. The predicted molar refractivity (Wildman–Crippen MR) is 77.5 cm³/mol. The van der Waals surface area contributed by atoms with Gasteiger partial charge in [0, 0.05) is 22.9 Å². The third kappa shape index (κ3) is 2.59. The van der Waals surface area contributed by atoms with E-state index in [1.165, 1.54) is 0 Å². The van der Waals surface area contributed by atoms with E-state index in [4.69, 9.17) is 27.9 Å². The van der Waals surface area contributed by atoms with E-state index in [-0.39, 0.29) is 5.56 Å². The Morgan fingerprint density at radius 1 is 1.30 bits per heavy atom. The molecule has 2 aromatic rings. The minimum Gasteiger partial charge on any atom is -0.376 e. The molecule has 0 saturated heterocycles. The van der Waals surface area contributed by atoms with Crippen molar-refractivity contribution < 1.29 is 4.74 Å². The monoisotopic (exact) mass is 310 g/mol. The molecule has 0 bridgehead atoms. The average Bonchev–Trinajstić information content (AvgIpc) is 2.43. The van der Waals surface area contributed by atoms with Gasteiger partial charge in [-0.1, -0.05) is 29.3 Å². The van der Waals surface area contributed by atoms with E-state index in [1.807, 2.05) is 0 Å². The third-order valence-corrected chi connectivity index (χ3v) is 3.99. The van der Waals surface area contributed by atoms with Crippen molar-refractivity contribution >= 4 is 23.2 Å². The van der Waals surface area contributed by atoms with E-state index in [2.05, 4.69) is 9.97 Å². The van der Waals surface area contributed by atoms with E-state index in [1.54, 1.807) is 18.2 Å². The number of aromatic nitrogens is 2. The topological polar surface area (TPSA) is 55.0 Å². The Bertz CT molecular complexity index is 693. The maximum atomic E-state index is 12.0. The summed E-state index contributed by atoms with van der Waals surface area (Å²) in [6, 6.07) is 5.33. The summed E-state index contributed by atoms with van der Waals surface area (Å²) in [4.78, 5) is 19.3. The summed E-state index contributed by atoms with van der Waals surface area (Å²) >= 11 is 12.3. The number of fused-ring (bicyclic) bond motifs is 1. The largest absolute Gasteiger partial charge is 0.376 e. The van der Waals surface area contributed by atoms with Crippen molar-refractivity contribution in [2.75, 3.05) is 6.61 Å². The van der Waals surface area contributed by atoms with Crippen molar-refractivity contribution in [2.45, 2.75) is 19.4 Å². The normalized spacial score (nSPS) is 14.1. The Kier molecular flexibility index (Phi) is 3.78. The first-order chi connectivity index (χ1) is 9.65. The van der Waals surface area contributed by atoms with Crippen molar-refractivity contribution in [3.8, 4) is 0 Å². The van der Waals surface area contributed by atoms with Gasteiger partial charge in [-0.05, 0) is 17.7 Å². The summed E-state index contributed by atoms with van der Waals surface area (Å²) in [5.41, 5.74) is 2.04. The molecule has 1 aromatic carbocycles. The zero-order chi connectivity index (χ0) is 14.1. The molecule has 2 heterocycles. The molecule has 1 aromatic heterocycles. The Labute approximate surface area is 125 Å². The molecular formula is C14H12Cl2N2O2. The van der Waals surface area contributed by atoms with Crippen LogP contribution in [0.15, 0.2) is 23.0 Å². The van der Waals surface area contributed by atoms with Crippen LogP contribution in [0.25, 0.3) is 0 Å². The highest BCUT2D eigenvalue weighted by molar-refractivity contribution is 6.36. The summed E-state index contributed by atoms with van der Waals surface area (Å²) in [7, 11) is 0. The van der Waals surface area contributed by atoms with E-state index in [0.29, 0.717) is 47.5 Å². The molecule has 1 N–H and O–H groups in total. The van der Waals surface area contributed by atoms with E-state index in [0.717, 1.165) is 11.3 Å². The highest BCUT2D eigenvalue weighted by Gasteiger charge is 2.17. The Morgan fingerprint density at radius 3 is 2.80 bits per heavy atom. The molecule has 0 radical (unpaired) electrons. The van der Waals surface area contributed by atoms with Gasteiger partial charge in [-0.25, -0.2) is 4.98 Å². The number of ether oxygens (including phenoxy) is 1. The van der Waals surface area contributed by atoms with E-state index < -0.39 is 0 Å². The number of hydrogen-bond donors (Lipinski definition) is 1. The lowest BCUT2D eigenvalue weighted by Gasteiger charge is -2.15. The molecule has 0 atom stereocenters. The number of hydrogen-bond acceptors (Lipinski definition) is 3. The molecule has 20 heavy (non-hydrogen) atoms. The third-order valence-electron chi connectivity index (χ3n) is 3.29. The fourth-order valence-electron chi connectivity index (χ4n) is 2.25. The second-order valence-corrected chi connectivity index (χ2v) is 5.43. The van der Waals surface area contributed by atoms with Crippen LogP contribution < -0.4 is 5.56 Å².